The van der Waals surface area contributed by atoms with Crippen molar-refractivity contribution in [3.05, 3.63) is 10.6 Å². The Hall–Kier alpha value is -0.660. The minimum atomic E-state index is -3.29. The number of nitrogens with one attached hydrogen (secondary N) is 2. The molecular weight excluding hydrogens is 282 g/mol. The van der Waals surface area contributed by atoms with Gasteiger partial charge in [0.1, 0.15) is 0 Å². The van der Waals surface area contributed by atoms with E-state index in [0.717, 1.165) is 25.0 Å². The third-order valence-electron chi connectivity index (χ3n) is 3.01. The summed E-state index contributed by atoms with van der Waals surface area (Å²) in [5, 5.41) is 3.62. The normalized spacial score (nSPS) is 15.5. The molecule has 0 bridgehead atoms. The first-order valence-electron chi connectivity index (χ1n) is 6.69. The molecule has 7 heteroatoms. The van der Waals surface area contributed by atoms with Gasteiger partial charge in [-0.2, -0.15) is 0 Å². The van der Waals surface area contributed by atoms with Crippen molar-refractivity contribution < 1.29 is 8.42 Å². The van der Waals surface area contributed by atoms with Crippen LogP contribution in [0.2, 0.25) is 0 Å². The van der Waals surface area contributed by atoms with Gasteiger partial charge < -0.3 is 5.32 Å². The van der Waals surface area contributed by atoms with E-state index in [-0.39, 0.29) is 5.75 Å². The predicted molar refractivity (Wildman–Crippen MR) is 79.3 cm³/mol. The van der Waals surface area contributed by atoms with Gasteiger partial charge in [0.2, 0.25) is 10.0 Å². The van der Waals surface area contributed by atoms with Crippen molar-refractivity contribution in [1.82, 2.24) is 10.3 Å². The number of aromatic nitrogens is 1. The van der Waals surface area contributed by atoms with Crippen molar-refractivity contribution in [2.24, 2.45) is 0 Å². The molecule has 5 nitrogen and oxygen atoms in total. The molecule has 0 saturated carbocycles. The summed E-state index contributed by atoms with van der Waals surface area (Å²) in [5.74, 6) is 0.0788. The van der Waals surface area contributed by atoms with Crippen molar-refractivity contribution in [3.8, 4) is 0 Å². The van der Waals surface area contributed by atoms with Crippen molar-refractivity contribution in [2.75, 3.05) is 17.0 Å². The highest BCUT2D eigenvalue weighted by molar-refractivity contribution is 7.92. The van der Waals surface area contributed by atoms with Gasteiger partial charge in [-0.15, -0.1) is 11.3 Å². The van der Waals surface area contributed by atoms with E-state index in [0.29, 0.717) is 17.7 Å². The Kier molecular flexibility index (Phi) is 4.81. The molecule has 2 rings (SSSR count). The zero-order valence-electron chi connectivity index (χ0n) is 11.4. The van der Waals surface area contributed by atoms with Crippen LogP contribution >= 0.6 is 11.3 Å². The van der Waals surface area contributed by atoms with E-state index in [9.17, 15) is 8.42 Å². The minimum Gasteiger partial charge on any atom is -0.313 e. The molecule has 0 spiro atoms. The van der Waals surface area contributed by atoms with E-state index >= 15 is 0 Å². The summed E-state index contributed by atoms with van der Waals surface area (Å²) >= 11 is 1.48. The van der Waals surface area contributed by atoms with Gasteiger partial charge in [0, 0.05) is 17.5 Å². The van der Waals surface area contributed by atoms with Crippen LogP contribution in [-0.2, 0) is 22.9 Å². The summed E-state index contributed by atoms with van der Waals surface area (Å²) in [6.07, 6.45) is 4.34. The Labute approximate surface area is 118 Å². The summed E-state index contributed by atoms with van der Waals surface area (Å²) in [6.45, 7) is 4.45. The lowest BCUT2D eigenvalue weighted by molar-refractivity contribution is 0.582. The van der Waals surface area contributed by atoms with Crippen LogP contribution in [0.3, 0.4) is 0 Å². The Morgan fingerprint density at radius 3 is 2.74 bits per heavy atom. The van der Waals surface area contributed by atoms with Gasteiger partial charge in [-0.1, -0.05) is 13.8 Å². The van der Waals surface area contributed by atoms with E-state index < -0.39 is 10.0 Å². The molecule has 0 amide bonds. The maximum absolute atomic E-state index is 11.9. The topological polar surface area (TPSA) is 71.1 Å². The molecule has 1 aromatic heterocycles. The molecule has 0 aromatic carbocycles. The van der Waals surface area contributed by atoms with Gasteiger partial charge >= 0.3 is 0 Å². The third kappa shape index (κ3) is 4.43. The number of hydrogen-bond donors (Lipinski definition) is 2. The third-order valence-corrected chi connectivity index (χ3v) is 5.46. The summed E-state index contributed by atoms with van der Waals surface area (Å²) in [7, 11) is -3.29. The standard InChI is InChI=1S/C12H21N3O2S2/c1-9(2)13-7-8-19(16,17)15-12-14-10-5-3-4-6-11(10)18-12/h9,13H,3-8H2,1-2H3,(H,14,15). The van der Waals surface area contributed by atoms with Gasteiger partial charge in [0.25, 0.3) is 0 Å². The molecule has 2 N–H and O–H groups in total. The van der Waals surface area contributed by atoms with E-state index in [1.165, 1.54) is 22.6 Å². The molecule has 1 heterocycles. The van der Waals surface area contributed by atoms with E-state index in [4.69, 9.17) is 0 Å². The lowest BCUT2D eigenvalue weighted by atomic mass is 10.0. The summed E-state index contributed by atoms with van der Waals surface area (Å²) < 4.78 is 26.4. The maximum Gasteiger partial charge on any atom is 0.235 e. The number of hydrogen-bond acceptors (Lipinski definition) is 5. The Balaban J connectivity index is 1.94. The van der Waals surface area contributed by atoms with E-state index in [1.54, 1.807) is 0 Å². The fourth-order valence-corrected chi connectivity index (χ4v) is 4.31. The lowest BCUT2D eigenvalue weighted by Crippen LogP contribution is -2.30. The van der Waals surface area contributed by atoms with Crippen LogP contribution in [0.15, 0.2) is 0 Å². The van der Waals surface area contributed by atoms with Crippen LogP contribution in [0, 0.1) is 0 Å². The van der Waals surface area contributed by atoms with Gasteiger partial charge in [-0.05, 0) is 25.7 Å². The first kappa shape index (κ1) is 14.7. The molecule has 1 aliphatic carbocycles. The monoisotopic (exact) mass is 303 g/mol. The second kappa shape index (κ2) is 6.19. The van der Waals surface area contributed by atoms with Crippen LogP contribution in [0.25, 0.3) is 0 Å². The molecule has 0 saturated heterocycles. The van der Waals surface area contributed by atoms with Crippen LogP contribution in [0.1, 0.15) is 37.3 Å². The van der Waals surface area contributed by atoms with E-state index in [1.807, 2.05) is 13.8 Å². The molecule has 19 heavy (non-hydrogen) atoms. The summed E-state index contributed by atoms with van der Waals surface area (Å²) in [6, 6.07) is 0.294. The molecule has 0 unspecified atom stereocenters. The predicted octanol–water partition coefficient (Wildman–Crippen LogP) is 1.76. The quantitative estimate of drug-likeness (QED) is 0.840. The minimum absolute atomic E-state index is 0.0788. The molecule has 1 aromatic rings. The van der Waals surface area contributed by atoms with Crippen LogP contribution in [0.4, 0.5) is 5.13 Å². The number of sulfonamides is 1. The smallest absolute Gasteiger partial charge is 0.235 e. The van der Waals surface area contributed by atoms with Gasteiger partial charge in [0.15, 0.2) is 5.13 Å². The van der Waals surface area contributed by atoms with Crippen molar-refractivity contribution in [1.29, 1.82) is 0 Å². The van der Waals surface area contributed by atoms with Gasteiger partial charge in [-0.25, -0.2) is 13.4 Å². The number of fused-ring (bicyclic) bond motifs is 1. The second-order valence-electron chi connectivity index (χ2n) is 5.13. The van der Waals surface area contributed by atoms with Crippen molar-refractivity contribution in [3.63, 3.8) is 0 Å². The first-order valence-corrected chi connectivity index (χ1v) is 9.15. The number of aryl methyl sites for hydroxylation is 2. The maximum atomic E-state index is 11.9. The average molecular weight is 303 g/mol. The zero-order valence-corrected chi connectivity index (χ0v) is 13.0. The number of thiazole rings is 1. The van der Waals surface area contributed by atoms with Crippen LogP contribution < -0.4 is 10.0 Å². The molecule has 0 atom stereocenters. The lowest BCUT2D eigenvalue weighted by Gasteiger charge is -2.08. The SMILES string of the molecule is CC(C)NCCS(=O)(=O)Nc1nc2c(s1)CCCC2. The Morgan fingerprint density at radius 1 is 1.32 bits per heavy atom. The van der Waals surface area contributed by atoms with E-state index in [2.05, 4.69) is 15.0 Å². The molecule has 0 radical (unpaired) electrons. The highest BCUT2D eigenvalue weighted by Gasteiger charge is 2.18. The zero-order chi connectivity index (χ0) is 13.9. The molecule has 108 valence electrons. The van der Waals surface area contributed by atoms with Gasteiger partial charge in [0.05, 0.1) is 11.4 Å². The second-order valence-corrected chi connectivity index (χ2v) is 8.05. The Bertz CT molecular complexity index is 500. The molecular formula is C12H21N3O2S2. The van der Waals surface area contributed by atoms with Crippen LogP contribution in [0.5, 0.6) is 0 Å². The summed E-state index contributed by atoms with van der Waals surface area (Å²) in [4.78, 5) is 5.63. The number of anilines is 1. The average Bonchev–Trinajstić information content (AvgIpc) is 2.68. The summed E-state index contributed by atoms with van der Waals surface area (Å²) in [5.41, 5.74) is 1.08. The van der Waals surface area contributed by atoms with Crippen molar-refractivity contribution in [2.45, 2.75) is 45.6 Å². The fourth-order valence-electron chi connectivity index (χ4n) is 2.06. The van der Waals surface area contributed by atoms with Gasteiger partial charge in [-0.3, -0.25) is 4.72 Å². The fraction of sp³-hybridized carbons (Fsp3) is 0.750. The highest BCUT2D eigenvalue weighted by Crippen LogP contribution is 2.29. The largest absolute Gasteiger partial charge is 0.313 e. The van der Waals surface area contributed by atoms with Crippen molar-refractivity contribution >= 4 is 26.5 Å². The first-order chi connectivity index (χ1) is 8.96. The van der Waals surface area contributed by atoms with Crippen LogP contribution in [-0.4, -0.2) is 31.7 Å². The Morgan fingerprint density at radius 2 is 2.05 bits per heavy atom. The number of rotatable bonds is 6. The molecule has 0 fully saturated rings. The number of nitrogens with zero attached hydrogens (tertiary/aromatic N) is 1. The molecule has 0 aliphatic heterocycles. The highest BCUT2D eigenvalue weighted by atomic mass is 32.2. The molecule has 1 aliphatic rings.